The summed E-state index contributed by atoms with van der Waals surface area (Å²) < 4.78 is 0. The van der Waals surface area contributed by atoms with Gasteiger partial charge < -0.3 is 5.73 Å². The second-order valence-corrected chi connectivity index (χ2v) is 4.14. The first kappa shape index (κ1) is 12.0. The third-order valence-corrected chi connectivity index (χ3v) is 2.50. The third kappa shape index (κ3) is 4.31. The van der Waals surface area contributed by atoms with Crippen molar-refractivity contribution in [3.8, 4) is 0 Å². The lowest BCUT2D eigenvalue weighted by Crippen LogP contribution is -2.31. The predicted octanol–water partition coefficient (Wildman–Crippen LogP) is 0.831. The summed E-state index contributed by atoms with van der Waals surface area (Å²) in [6.07, 6.45) is 3.49. The summed E-state index contributed by atoms with van der Waals surface area (Å²) in [6.45, 7) is 3.56. The zero-order chi connectivity index (χ0) is 11.3. The minimum absolute atomic E-state index is 0.216. The van der Waals surface area contributed by atoms with Crippen molar-refractivity contribution in [2.75, 3.05) is 13.6 Å². The summed E-state index contributed by atoms with van der Waals surface area (Å²) in [5.41, 5.74) is 5.55. The average molecular weight is 224 g/mol. The molecule has 1 rings (SSSR count). The minimum atomic E-state index is 0.216. The highest BCUT2D eigenvalue weighted by Gasteiger charge is 2.09. The van der Waals surface area contributed by atoms with Crippen molar-refractivity contribution < 1.29 is 0 Å². The first-order valence-electron chi connectivity index (χ1n) is 4.83. The molecule has 0 bridgehead atoms. The van der Waals surface area contributed by atoms with Gasteiger partial charge in [-0.1, -0.05) is 19.1 Å². The second-order valence-electron chi connectivity index (χ2n) is 3.67. The van der Waals surface area contributed by atoms with E-state index in [0.717, 1.165) is 12.4 Å². The lowest BCUT2D eigenvalue weighted by Gasteiger charge is -2.19. The smallest absolute Gasteiger partial charge is 0.142 e. The van der Waals surface area contributed by atoms with Gasteiger partial charge >= 0.3 is 0 Å². The Kier molecular flexibility index (Phi) is 4.58. The highest BCUT2D eigenvalue weighted by Crippen LogP contribution is 2.01. The number of hydrogen-bond donors (Lipinski definition) is 1. The standard InChI is InChI=1S/C10H16N4S/c1-8(10(11)15)6-14(2)7-9-12-4-3-5-13-9/h3-5,8H,6-7H2,1-2H3,(H2,11,15). The van der Waals surface area contributed by atoms with Crippen molar-refractivity contribution >= 4 is 17.2 Å². The van der Waals surface area contributed by atoms with Crippen molar-refractivity contribution in [1.29, 1.82) is 0 Å². The molecule has 0 aromatic carbocycles. The Morgan fingerprint density at radius 1 is 1.53 bits per heavy atom. The Labute approximate surface area is 95.5 Å². The van der Waals surface area contributed by atoms with Gasteiger partial charge in [0.15, 0.2) is 0 Å². The molecule has 0 saturated carbocycles. The highest BCUT2D eigenvalue weighted by atomic mass is 32.1. The Bertz CT molecular complexity index is 314. The molecule has 1 aromatic rings. The summed E-state index contributed by atoms with van der Waals surface area (Å²) in [5, 5.41) is 0. The van der Waals surface area contributed by atoms with E-state index in [2.05, 4.69) is 14.9 Å². The molecule has 5 heteroatoms. The zero-order valence-corrected chi connectivity index (χ0v) is 9.87. The van der Waals surface area contributed by atoms with Crippen LogP contribution in [0.25, 0.3) is 0 Å². The van der Waals surface area contributed by atoms with E-state index in [1.165, 1.54) is 0 Å². The molecule has 0 fully saturated rings. The summed E-state index contributed by atoms with van der Waals surface area (Å²) >= 11 is 4.92. The molecular weight excluding hydrogens is 208 g/mol. The van der Waals surface area contributed by atoms with E-state index in [1.807, 2.05) is 14.0 Å². The molecule has 0 saturated heterocycles. The average Bonchev–Trinajstić information content (AvgIpc) is 2.18. The Hall–Kier alpha value is -1.07. The lowest BCUT2D eigenvalue weighted by atomic mass is 10.2. The SMILES string of the molecule is CC(CN(C)Cc1ncccn1)C(N)=S. The van der Waals surface area contributed by atoms with Crippen LogP contribution in [0.1, 0.15) is 12.7 Å². The van der Waals surface area contributed by atoms with Crippen LogP contribution in [0.3, 0.4) is 0 Å². The Morgan fingerprint density at radius 3 is 2.67 bits per heavy atom. The van der Waals surface area contributed by atoms with Crippen LogP contribution in [0, 0.1) is 5.92 Å². The van der Waals surface area contributed by atoms with Crippen molar-refractivity contribution in [1.82, 2.24) is 14.9 Å². The summed E-state index contributed by atoms with van der Waals surface area (Å²) in [6, 6.07) is 1.81. The van der Waals surface area contributed by atoms with E-state index in [4.69, 9.17) is 18.0 Å². The summed E-state index contributed by atoms with van der Waals surface area (Å²) in [7, 11) is 2.01. The maximum absolute atomic E-state index is 5.55. The normalized spacial score (nSPS) is 12.7. The topological polar surface area (TPSA) is 55.0 Å². The first-order valence-corrected chi connectivity index (χ1v) is 5.24. The number of rotatable bonds is 5. The Morgan fingerprint density at radius 2 is 2.13 bits per heavy atom. The molecule has 0 spiro atoms. The maximum Gasteiger partial charge on any atom is 0.142 e. The molecule has 0 radical (unpaired) electrons. The molecule has 0 aliphatic rings. The number of thiocarbonyl (C=S) groups is 1. The summed E-state index contributed by atoms with van der Waals surface area (Å²) in [4.78, 5) is 11.0. The summed E-state index contributed by atoms with van der Waals surface area (Å²) in [5.74, 6) is 1.03. The first-order chi connectivity index (χ1) is 7.09. The molecule has 4 nitrogen and oxygen atoms in total. The fourth-order valence-electron chi connectivity index (χ4n) is 1.28. The van der Waals surface area contributed by atoms with Gasteiger partial charge in [-0.25, -0.2) is 9.97 Å². The van der Waals surface area contributed by atoms with Crippen LogP contribution in [0.15, 0.2) is 18.5 Å². The number of nitrogens with zero attached hydrogens (tertiary/aromatic N) is 3. The fraction of sp³-hybridized carbons (Fsp3) is 0.500. The van der Waals surface area contributed by atoms with E-state index < -0.39 is 0 Å². The molecular formula is C10H16N4S. The zero-order valence-electron chi connectivity index (χ0n) is 9.05. The third-order valence-electron chi connectivity index (χ3n) is 2.10. The van der Waals surface area contributed by atoms with E-state index in [-0.39, 0.29) is 5.92 Å². The lowest BCUT2D eigenvalue weighted by molar-refractivity contribution is 0.300. The van der Waals surface area contributed by atoms with Crippen LogP contribution in [0.5, 0.6) is 0 Å². The maximum atomic E-state index is 5.55. The fourth-order valence-corrected chi connectivity index (χ4v) is 1.35. The predicted molar refractivity (Wildman–Crippen MR) is 64.3 cm³/mol. The van der Waals surface area contributed by atoms with Gasteiger partial charge in [-0.2, -0.15) is 0 Å². The van der Waals surface area contributed by atoms with Gasteiger partial charge in [-0.15, -0.1) is 0 Å². The molecule has 1 atom stereocenters. The van der Waals surface area contributed by atoms with E-state index in [1.54, 1.807) is 18.5 Å². The van der Waals surface area contributed by atoms with Gasteiger partial charge in [0.25, 0.3) is 0 Å². The van der Waals surface area contributed by atoms with Crippen molar-refractivity contribution in [2.45, 2.75) is 13.5 Å². The Balaban J connectivity index is 2.43. The molecule has 0 amide bonds. The van der Waals surface area contributed by atoms with Crippen LogP contribution >= 0.6 is 12.2 Å². The monoisotopic (exact) mass is 224 g/mol. The van der Waals surface area contributed by atoms with Crippen LogP contribution < -0.4 is 5.73 Å². The van der Waals surface area contributed by atoms with Crippen LogP contribution in [0.4, 0.5) is 0 Å². The molecule has 1 aromatic heterocycles. The number of nitrogens with two attached hydrogens (primary N) is 1. The van der Waals surface area contributed by atoms with E-state index in [9.17, 15) is 0 Å². The molecule has 82 valence electrons. The molecule has 2 N–H and O–H groups in total. The number of aromatic nitrogens is 2. The van der Waals surface area contributed by atoms with Gasteiger partial charge in [0.05, 0.1) is 11.5 Å². The highest BCUT2D eigenvalue weighted by molar-refractivity contribution is 7.80. The van der Waals surface area contributed by atoms with Crippen molar-refractivity contribution in [3.05, 3.63) is 24.3 Å². The van der Waals surface area contributed by atoms with Crippen LogP contribution in [-0.4, -0.2) is 33.4 Å². The molecule has 1 unspecified atom stereocenters. The quantitative estimate of drug-likeness (QED) is 0.751. The van der Waals surface area contributed by atoms with Gasteiger partial charge in [-0.05, 0) is 13.1 Å². The number of hydrogen-bond acceptors (Lipinski definition) is 4. The van der Waals surface area contributed by atoms with Crippen LogP contribution in [-0.2, 0) is 6.54 Å². The van der Waals surface area contributed by atoms with Crippen molar-refractivity contribution in [3.63, 3.8) is 0 Å². The molecule has 15 heavy (non-hydrogen) atoms. The molecule has 1 heterocycles. The second kappa shape index (κ2) is 5.72. The van der Waals surface area contributed by atoms with E-state index >= 15 is 0 Å². The van der Waals surface area contributed by atoms with Gasteiger partial charge in [0, 0.05) is 24.9 Å². The van der Waals surface area contributed by atoms with Gasteiger partial charge in [-0.3, -0.25) is 4.90 Å². The largest absolute Gasteiger partial charge is 0.393 e. The van der Waals surface area contributed by atoms with Gasteiger partial charge in [0.2, 0.25) is 0 Å². The minimum Gasteiger partial charge on any atom is -0.393 e. The van der Waals surface area contributed by atoms with Crippen LogP contribution in [0.2, 0.25) is 0 Å². The molecule has 0 aliphatic carbocycles. The van der Waals surface area contributed by atoms with Gasteiger partial charge in [0.1, 0.15) is 5.82 Å². The van der Waals surface area contributed by atoms with E-state index in [0.29, 0.717) is 11.5 Å². The van der Waals surface area contributed by atoms with Crippen molar-refractivity contribution in [2.24, 2.45) is 11.7 Å². The molecule has 0 aliphatic heterocycles.